The number of aliphatic hydroxyl groups is 4. The number of aliphatic hydroxyl groups excluding tert-OH is 2. The number of carbonyl (C=O) groups is 3. The van der Waals surface area contributed by atoms with Gasteiger partial charge >= 0.3 is 11.6 Å². The van der Waals surface area contributed by atoms with Gasteiger partial charge in [-0.1, -0.05) is 4.90 Å². The van der Waals surface area contributed by atoms with E-state index in [4.69, 9.17) is 10.00 Å². The lowest BCUT2D eigenvalue weighted by Gasteiger charge is -2.37. The number of nitriles is 1. The lowest BCUT2D eigenvalue weighted by molar-refractivity contribution is -0.184. The topological polar surface area (TPSA) is 181 Å². The summed E-state index contributed by atoms with van der Waals surface area (Å²) in [5, 5.41) is 50.7. The average molecular weight is 366 g/mol. The molecule has 5 atom stereocenters. The molecule has 1 saturated heterocycles. The number of carbonyl (C=O) groups excluding carboxylic acids is 3. The maximum absolute atomic E-state index is 12.2. The zero-order valence-electron chi connectivity index (χ0n) is 14.0. The van der Waals surface area contributed by atoms with Crippen LogP contribution in [0.1, 0.15) is 20.8 Å². The van der Waals surface area contributed by atoms with E-state index in [0.29, 0.717) is 4.90 Å². The number of hydrogen-bond donors (Lipinski definition) is 4. The quantitative estimate of drug-likeness (QED) is 0.389. The average Bonchev–Trinajstić information content (AvgIpc) is 3.04. The summed E-state index contributed by atoms with van der Waals surface area (Å²) in [6.07, 6.45) is -3.99. The molecular weight excluding hydrogens is 350 g/mol. The summed E-state index contributed by atoms with van der Waals surface area (Å²) in [7, 11) is 0. The van der Waals surface area contributed by atoms with E-state index in [1.165, 1.54) is 6.07 Å². The molecule has 1 fully saturated rings. The van der Waals surface area contributed by atoms with Crippen LogP contribution in [0.2, 0.25) is 0 Å². The summed E-state index contributed by atoms with van der Waals surface area (Å²) in [6.45, 7) is 2.62. The van der Waals surface area contributed by atoms with Gasteiger partial charge < -0.3 is 25.2 Å². The van der Waals surface area contributed by atoms with Crippen molar-refractivity contribution in [3.05, 3.63) is 11.6 Å². The van der Waals surface area contributed by atoms with Crippen molar-refractivity contribution in [2.75, 3.05) is 0 Å². The smallest absolute Gasteiger partial charge is 0.393 e. The van der Waals surface area contributed by atoms with Crippen molar-refractivity contribution in [3.8, 4) is 6.07 Å². The summed E-state index contributed by atoms with van der Waals surface area (Å²) in [5.41, 5.74) is -6.56. The summed E-state index contributed by atoms with van der Waals surface area (Å²) < 4.78 is 5.27. The Morgan fingerprint density at radius 3 is 2.19 bits per heavy atom. The third kappa shape index (κ3) is 2.33. The molecule has 0 aliphatic carbocycles. The van der Waals surface area contributed by atoms with E-state index in [1.54, 1.807) is 0 Å². The number of ether oxygens (including phenoxy) is 1. The second-order valence-corrected chi connectivity index (χ2v) is 5.98. The molecule has 2 aliphatic heterocycles. The van der Waals surface area contributed by atoms with Gasteiger partial charge in [0.1, 0.15) is 12.2 Å². The molecule has 2 heterocycles. The van der Waals surface area contributed by atoms with E-state index in [0.717, 1.165) is 20.8 Å². The van der Waals surface area contributed by atoms with Crippen LogP contribution < -0.4 is 0 Å². The van der Waals surface area contributed by atoms with Crippen LogP contribution in [0.25, 0.3) is 0 Å². The molecule has 2 rings (SSSR count). The van der Waals surface area contributed by atoms with Gasteiger partial charge in [0.2, 0.25) is 17.9 Å². The van der Waals surface area contributed by atoms with Gasteiger partial charge in [-0.05, 0) is 25.8 Å². The molecule has 0 aromatic heterocycles. The van der Waals surface area contributed by atoms with Gasteiger partial charge in [-0.25, -0.2) is 0 Å². The predicted molar refractivity (Wildman–Crippen MR) is 81.2 cm³/mol. The highest BCUT2D eigenvalue weighted by Crippen LogP contribution is 2.45. The molecule has 138 valence electrons. The van der Waals surface area contributed by atoms with Crippen molar-refractivity contribution in [1.82, 2.24) is 4.90 Å². The largest absolute Gasteiger partial charge is 0.423 e. The zero-order valence-corrected chi connectivity index (χ0v) is 14.0. The Hall–Kier alpha value is -2.74. The number of aliphatic imine (C=N–C) groups is 1. The molecule has 26 heavy (non-hydrogen) atoms. The molecule has 0 saturated carbocycles. The van der Waals surface area contributed by atoms with Gasteiger partial charge in [0, 0.05) is 0 Å². The Morgan fingerprint density at radius 1 is 1.27 bits per heavy atom. The standard InChI is InChI=1S/C15H15N3O8/c1-6(19)10(22)11-14(24,7(2)20)15(25,8(3)21)13(26-11)18-5-17-9(4-16)12(18)23/h10-11,13,22,24-25H,1-3H3/p+1/t10?,11-,13-,14-,15+/m1/s1. The molecule has 11 nitrogen and oxygen atoms in total. The van der Waals surface area contributed by atoms with E-state index in [1.807, 2.05) is 0 Å². The molecule has 0 spiro atoms. The van der Waals surface area contributed by atoms with Crippen LogP contribution >= 0.6 is 0 Å². The van der Waals surface area contributed by atoms with E-state index in [2.05, 4.69) is 11.3 Å². The number of hydrogen-bond acceptors (Lipinski definition) is 11. The van der Waals surface area contributed by atoms with Crippen LogP contribution in [0.3, 0.4) is 0 Å². The Labute approximate surface area is 147 Å². The molecule has 0 amide bonds. The molecule has 11 heteroatoms. The van der Waals surface area contributed by atoms with E-state index in [9.17, 15) is 34.8 Å². The van der Waals surface area contributed by atoms with E-state index < -0.39 is 58.6 Å². The fourth-order valence-electron chi connectivity index (χ4n) is 2.97. The molecule has 1 unspecified atom stereocenters. The first-order valence-corrected chi connectivity index (χ1v) is 7.34. The van der Waals surface area contributed by atoms with Crippen LogP contribution in [0.4, 0.5) is 0 Å². The number of Topliss-reactive ketones (excluding diaryl/α,β-unsaturated/α-hetero) is 3. The first-order chi connectivity index (χ1) is 11.9. The van der Waals surface area contributed by atoms with Gasteiger partial charge in [0.15, 0.2) is 23.0 Å². The van der Waals surface area contributed by atoms with Crippen molar-refractivity contribution in [2.24, 2.45) is 4.99 Å². The van der Waals surface area contributed by atoms with Crippen LogP contribution in [0.5, 0.6) is 0 Å². The number of ketones is 3. The minimum Gasteiger partial charge on any atom is -0.423 e. The second kappa shape index (κ2) is 6.21. The lowest BCUT2D eigenvalue weighted by atomic mass is 9.73. The molecular formula is C15H16N3O8+. The highest BCUT2D eigenvalue weighted by Gasteiger charge is 2.76. The van der Waals surface area contributed by atoms with Crippen LogP contribution in [-0.4, -0.2) is 78.7 Å². The molecule has 0 bridgehead atoms. The molecule has 0 aromatic rings. The van der Waals surface area contributed by atoms with Crippen molar-refractivity contribution in [3.63, 3.8) is 0 Å². The van der Waals surface area contributed by atoms with Crippen LogP contribution in [0, 0.1) is 11.3 Å². The minimum absolute atomic E-state index is 0.526. The molecule has 0 radical (unpaired) electrons. The monoisotopic (exact) mass is 366 g/mol. The highest BCUT2D eigenvalue weighted by molar-refractivity contribution is 6.00. The minimum atomic E-state index is -3.02. The molecule has 4 N–H and O–H groups in total. The SMILES string of the molecule is CC(=O)C(O)[C@H]1O[C@@H](N2[C+]=NC(C#N)=C2O)[C@@](O)(C(C)=O)[C@@]1(O)C(C)=O. The van der Waals surface area contributed by atoms with E-state index >= 15 is 0 Å². The predicted octanol–water partition coefficient (Wildman–Crippen LogP) is -2.23. The Kier molecular flexibility index (Phi) is 4.68. The third-order valence-electron chi connectivity index (χ3n) is 4.45. The Bertz CT molecular complexity index is 784. The van der Waals surface area contributed by atoms with Crippen LogP contribution in [0.15, 0.2) is 16.6 Å². The Balaban J connectivity index is 2.68. The molecule has 0 aromatic carbocycles. The lowest BCUT2D eigenvalue weighted by Crippen LogP contribution is -2.70. The van der Waals surface area contributed by atoms with Gasteiger partial charge in [-0.2, -0.15) is 5.26 Å². The summed E-state index contributed by atoms with van der Waals surface area (Å²) in [6, 6.07) is 1.52. The van der Waals surface area contributed by atoms with Gasteiger partial charge in [0.05, 0.1) is 0 Å². The summed E-state index contributed by atoms with van der Waals surface area (Å²) >= 11 is 0. The first kappa shape index (κ1) is 19.6. The second-order valence-electron chi connectivity index (χ2n) is 5.98. The van der Waals surface area contributed by atoms with Crippen molar-refractivity contribution < 1.29 is 39.5 Å². The van der Waals surface area contributed by atoms with Crippen molar-refractivity contribution in [2.45, 2.75) is 50.4 Å². The summed E-state index contributed by atoms with van der Waals surface area (Å²) in [5.74, 6) is -4.08. The van der Waals surface area contributed by atoms with Crippen molar-refractivity contribution >= 4 is 23.7 Å². The van der Waals surface area contributed by atoms with Crippen molar-refractivity contribution in [1.29, 1.82) is 5.26 Å². The number of allylic oxidation sites excluding steroid dienone is 1. The maximum atomic E-state index is 12.2. The normalized spacial score (nSPS) is 34.4. The fourth-order valence-corrected chi connectivity index (χ4v) is 2.97. The van der Waals surface area contributed by atoms with E-state index in [-0.39, 0.29) is 0 Å². The van der Waals surface area contributed by atoms with Gasteiger partial charge in [-0.3, -0.25) is 14.4 Å². The fraction of sp³-hybridized carbons (Fsp3) is 0.533. The zero-order chi connectivity index (χ0) is 20.0. The maximum Gasteiger partial charge on any atom is 0.393 e. The van der Waals surface area contributed by atoms with Crippen LogP contribution in [-0.2, 0) is 19.1 Å². The number of nitrogens with zero attached hydrogens (tertiary/aromatic N) is 3. The molecule has 2 aliphatic rings. The van der Waals surface area contributed by atoms with Gasteiger partial charge in [0.25, 0.3) is 6.34 Å². The van der Waals surface area contributed by atoms with Gasteiger partial charge in [-0.15, -0.1) is 0 Å². The highest BCUT2D eigenvalue weighted by atomic mass is 16.6. The number of rotatable bonds is 5. The summed E-state index contributed by atoms with van der Waals surface area (Å²) in [4.78, 5) is 39.8. The Morgan fingerprint density at radius 2 is 1.81 bits per heavy atom. The first-order valence-electron chi connectivity index (χ1n) is 7.34. The third-order valence-corrected chi connectivity index (χ3v) is 4.45.